The van der Waals surface area contributed by atoms with Crippen LogP contribution in [-0.4, -0.2) is 42.0 Å². The van der Waals surface area contributed by atoms with Gasteiger partial charge in [-0.15, -0.1) is 0 Å². The summed E-state index contributed by atoms with van der Waals surface area (Å²) in [6.45, 7) is 18.5. The smallest absolute Gasteiger partial charge is 0.256 e. The van der Waals surface area contributed by atoms with E-state index in [2.05, 4.69) is 84.7 Å². The van der Waals surface area contributed by atoms with E-state index in [1.54, 1.807) is 6.20 Å². The molecule has 0 bridgehead atoms. The number of aromatic nitrogens is 1. The summed E-state index contributed by atoms with van der Waals surface area (Å²) in [6, 6.07) is 18.5. The molecular weight excluding hydrogens is 444 g/mol. The average Bonchev–Trinajstić information content (AvgIpc) is 2.88. The zero-order valence-corrected chi connectivity index (χ0v) is 22.2. The predicted molar refractivity (Wildman–Crippen MR) is 151 cm³/mol. The van der Waals surface area contributed by atoms with Crippen molar-refractivity contribution < 1.29 is 4.79 Å². The zero-order valence-electron chi connectivity index (χ0n) is 22.2. The number of carbonyl (C=O) groups excluding carboxylic acids is 1. The summed E-state index contributed by atoms with van der Waals surface area (Å²) in [5.41, 5.74) is 7.01. The van der Waals surface area contributed by atoms with Crippen molar-refractivity contribution in [3.05, 3.63) is 89.8 Å². The molecular formula is C31H38N4O. The first-order valence-corrected chi connectivity index (χ1v) is 12.9. The molecule has 5 nitrogen and oxygen atoms in total. The molecule has 1 aliphatic heterocycles. The van der Waals surface area contributed by atoms with Crippen molar-refractivity contribution in [2.45, 2.75) is 46.5 Å². The Labute approximate surface area is 215 Å². The third kappa shape index (κ3) is 5.62. The Morgan fingerprint density at radius 3 is 2.17 bits per heavy atom. The first kappa shape index (κ1) is 25.5. The lowest BCUT2D eigenvalue weighted by Gasteiger charge is -2.36. The van der Waals surface area contributed by atoms with Crippen molar-refractivity contribution in [2.24, 2.45) is 0 Å². The third-order valence-electron chi connectivity index (χ3n) is 6.98. The maximum atomic E-state index is 13.5. The van der Waals surface area contributed by atoms with E-state index in [1.165, 1.54) is 11.1 Å². The van der Waals surface area contributed by atoms with Gasteiger partial charge in [-0.25, -0.2) is 4.98 Å². The molecule has 1 aromatic heterocycles. The fourth-order valence-corrected chi connectivity index (χ4v) is 4.76. The Balaban J connectivity index is 1.54. The monoisotopic (exact) mass is 482 g/mol. The van der Waals surface area contributed by atoms with Crippen molar-refractivity contribution in [2.75, 3.05) is 36.4 Å². The second-order valence-corrected chi connectivity index (χ2v) is 10.3. The summed E-state index contributed by atoms with van der Waals surface area (Å²) >= 11 is 0. The highest BCUT2D eigenvalue weighted by atomic mass is 16.1. The van der Waals surface area contributed by atoms with E-state index in [1.807, 2.05) is 31.2 Å². The van der Waals surface area contributed by atoms with Crippen molar-refractivity contribution >= 4 is 17.4 Å². The van der Waals surface area contributed by atoms with Gasteiger partial charge in [0, 0.05) is 37.4 Å². The van der Waals surface area contributed by atoms with Crippen LogP contribution in [0.2, 0.25) is 0 Å². The van der Waals surface area contributed by atoms with Gasteiger partial charge in [-0.05, 0) is 59.2 Å². The SMILES string of the molecule is C=C(C)N1CCN(c2ccc(NC(=O)c3cccc(C(C)C)c3-c3ccc(C(C)C)cc3)cn2)CC1. The molecule has 0 atom stereocenters. The maximum Gasteiger partial charge on any atom is 0.256 e. The van der Waals surface area contributed by atoms with Crippen LogP contribution in [-0.2, 0) is 0 Å². The second-order valence-electron chi connectivity index (χ2n) is 10.3. The fourth-order valence-electron chi connectivity index (χ4n) is 4.76. The summed E-state index contributed by atoms with van der Waals surface area (Å²) in [6.07, 6.45) is 1.75. The van der Waals surface area contributed by atoms with Crippen LogP contribution >= 0.6 is 0 Å². The van der Waals surface area contributed by atoms with E-state index in [-0.39, 0.29) is 5.91 Å². The number of piperazine rings is 1. The topological polar surface area (TPSA) is 48.5 Å². The van der Waals surface area contributed by atoms with Crippen LogP contribution in [0.1, 0.15) is 67.9 Å². The highest BCUT2D eigenvalue weighted by Crippen LogP contribution is 2.34. The largest absolute Gasteiger partial charge is 0.372 e. The molecule has 2 aromatic carbocycles. The first-order chi connectivity index (χ1) is 17.2. The zero-order chi connectivity index (χ0) is 25.8. The Bertz CT molecular complexity index is 1200. The minimum Gasteiger partial charge on any atom is -0.372 e. The Morgan fingerprint density at radius 2 is 1.61 bits per heavy atom. The number of benzene rings is 2. The minimum absolute atomic E-state index is 0.120. The number of nitrogens with one attached hydrogen (secondary N) is 1. The van der Waals surface area contributed by atoms with Crippen LogP contribution in [0.25, 0.3) is 11.1 Å². The van der Waals surface area contributed by atoms with E-state index in [9.17, 15) is 4.79 Å². The third-order valence-corrected chi connectivity index (χ3v) is 6.98. The quantitative estimate of drug-likeness (QED) is 0.398. The molecule has 1 aliphatic rings. The molecule has 5 heteroatoms. The molecule has 1 fully saturated rings. The van der Waals surface area contributed by atoms with Gasteiger partial charge < -0.3 is 15.1 Å². The number of allylic oxidation sites excluding steroid dienone is 1. The predicted octanol–water partition coefficient (Wildman–Crippen LogP) is 6.90. The molecule has 0 unspecified atom stereocenters. The van der Waals surface area contributed by atoms with Crippen LogP contribution in [0.3, 0.4) is 0 Å². The highest BCUT2D eigenvalue weighted by Gasteiger charge is 2.20. The van der Waals surface area contributed by atoms with Gasteiger partial charge in [-0.2, -0.15) is 0 Å². The Kier molecular flexibility index (Phi) is 7.78. The van der Waals surface area contributed by atoms with E-state index < -0.39 is 0 Å². The molecule has 36 heavy (non-hydrogen) atoms. The summed E-state index contributed by atoms with van der Waals surface area (Å²) in [7, 11) is 0. The van der Waals surface area contributed by atoms with Gasteiger partial charge >= 0.3 is 0 Å². The van der Waals surface area contributed by atoms with Gasteiger partial charge in [-0.3, -0.25) is 4.79 Å². The molecule has 0 radical (unpaired) electrons. The minimum atomic E-state index is -0.120. The lowest BCUT2D eigenvalue weighted by molar-refractivity contribution is 0.102. The fraction of sp³-hybridized carbons (Fsp3) is 0.355. The number of hydrogen-bond donors (Lipinski definition) is 1. The van der Waals surface area contributed by atoms with Crippen LogP contribution in [0.15, 0.2) is 73.1 Å². The normalized spacial score (nSPS) is 13.9. The maximum absolute atomic E-state index is 13.5. The molecule has 1 N–H and O–H groups in total. The Morgan fingerprint density at radius 1 is 0.917 bits per heavy atom. The van der Waals surface area contributed by atoms with E-state index in [0.29, 0.717) is 23.1 Å². The molecule has 0 spiro atoms. The summed E-state index contributed by atoms with van der Waals surface area (Å²) in [5.74, 6) is 1.57. The number of hydrogen-bond acceptors (Lipinski definition) is 4. The number of pyridine rings is 1. The van der Waals surface area contributed by atoms with Crippen LogP contribution < -0.4 is 10.2 Å². The first-order valence-electron chi connectivity index (χ1n) is 12.9. The van der Waals surface area contributed by atoms with Gasteiger partial charge in [-0.1, -0.05) is 70.7 Å². The van der Waals surface area contributed by atoms with Crippen molar-refractivity contribution in [3.63, 3.8) is 0 Å². The molecule has 1 saturated heterocycles. The van der Waals surface area contributed by atoms with Crippen molar-refractivity contribution in [1.29, 1.82) is 0 Å². The van der Waals surface area contributed by atoms with Crippen LogP contribution in [0, 0.1) is 0 Å². The number of carbonyl (C=O) groups is 1. The molecule has 188 valence electrons. The number of anilines is 2. The summed E-state index contributed by atoms with van der Waals surface area (Å²) < 4.78 is 0. The second kappa shape index (κ2) is 11.0. The summed E-state index contributed by atoms with van der Waals surface area (Å²) in [5, 5.41) is 3.08. The number of amides is 1. The lowest BCUT2D eigenvalue weighted by Crippen LogP contribution is -2.45. The average molecular weight is 483 g/mol. The lowest BCUT2D eigenvalue weighted by atomic mass is 9.87. The molecule has 0 aliphatic carbocycles. The van der Waals surface area contributed by atoms with Crippen molar-refractivity contribution in [3.8, 4) is 11.1 Å². The van der Waals surface area contributed by atoms with Crippen LogP contribution in [0.5, 0.6) is 0 Å². The molecule has 3 aromatic rings. The standard InChI is InChI=1S/C31H38N4O/c1-21(2)24-10-12-25(13-11-24)30-27(22(3)4)8-7-9-28(30)31(36)33-26-14-15-29(32-20-26)35-18-16-34(17-19-35)23(5)6/h7-15,20-22H,5,16-19H2,1-4,6H3,(H,33,36). The number of nitrogens with zero attached hydrogens (tertiary/aromatic N) is 3. The van der Waals surface area contributed by atoms with E-state index in [4.69, 9.17) is 0 Å². The van der Waals surface area contributed by atoms with Gasteiger partial charge in [0.05, 0.1) is 11.9 Å². The van der Waals surface area contributed by atoms with E-state index >= 15 is 0 Å². The molecule has 0 saturated carbocycles. The van der Waals surface area contributed by atoms with Crippen LogP contribution in [0.4, 0.5) is 11.5 Å². The van der Waals surface area contributed by atoms with E-state index in [0.717, 1.165) is 48.8 Å². The highest BCUT2D eigenvalue weighted by molar-refractivity contribution is 6.09. The van der Waals surface area contributed by atoms with Gasteiger partial charge in [0.25, 0.3) is 5.91 Å². The van der Waals surface area contributed by atoms with Gasteiger partial charge in [0.2, 0.25) is 0 Å². The van der Waals surface area contributed by atoms with Gasteiger partial charge in [0.15, 0.2) is 0 Å². The summed E-state index contributed by atoms with van der Waals surface area (Å²) in [4.78, 5) is 22.7. The Hall–Kier alpha value is -3.60. The number of rotatable bonds is 7. The molecule has 1 amide bonds. The molecule has 4 rings (SSSR count). The van der Waals surface area contributed by atoms with Gasteiger partial charge in [0.1, 0.15) is 5.82 Å². The molecule has 2 heterocycles. The van der Waals surface area contributed by atoms with Crippen molar-refractivity contribution in [1.82, 2.24) is 9.88 Å².